The summed E-state index contributed by atoms with van der Waals surface area (Å²) in [5.41, 5.74) is 1.01. The fourth-order valence-electron chi connectivity index (χ4n) is 3.32. The number of halogens is 1. The fraction of sp³-hybridized carbons (Fsp3) is 0.364. The molecule has 2 aromatic carbocycles. The Bertz CT molecular complexity index is 787. The van der Waals surface area contributed by atoms with Crippen LogP contribution in [-0.2, 0) is 27.4 Å². The van der Waals surface area contributed by atoms with Crippen molar-refractivity contribution in [3.05, 3.63) is 71.5 Å². The minimum Gasteiger partial charge on any atom is -0.374 e. The zero-order valence-corrected chi connectivity index (χ0v) is 15.7. The average Bonchev–Trinajstić information content (AvgIpc) is 3.18. The summed E-state index contributed by atoms with van der Waals surface area (Å²) in [6.07, 6.45) is 2.09. The largest absolute Gasteiger partial charge is 0.374 e. The van der Waals surface area contributed by atoms with Gasteiger partial charge in [0.25, 0.3) is 0 Å². The molecule has 2 N–H and O–H groups in total. The van der Waals surface area contributed by atoms with E-state index in [4.69, 9.17) is 4.74 Å². The third-order valence-electron chi connectivity index (χ3n) is 4.95. The van der Waals surface area contributed by atoms with Crippen molar-refractivity contribution < 1.29 is 18.7 Å². The summed E-state index contributed by atoms with van der Waals surface area (Å²) in [5.74, 6) is -0.999. The van der Waals surface area contributed by atoms with Gasteiger partial charge in [-0.05, 0) is 49.1 Å². The number of rotatable bonds is 8. The molecule has 0 spiro atoms. The lowest BCUT2D eigenvalue weighted by molar-refractivity contribution is -0.136. The van der Waals surface area contributed by atoms with E-state index in [9.17, 15) is 14.0 Å². The maximum absolute atomic E-state index is 12.9. The predicted octanol–water partition coefficient (Wildman–Crippen LogP) is 2.74. The molecule has 5 nitrogen and oxygen atoms in total. The highest BCUT2D eigenvalue weighted by Gasteiger charge is 2.41. The second kappa shape index (κ2) is 9.57. The number of benzene rings is 2. The van der Waals surface area contributed by atoms with Gasteiger partial charge >= 0.3 is 0 Å². The molecule has 1 atom stereocenters. The molecule has 2 amide bonds. The third-order valence-corrected chi connectivity index (χ3v) is 4.95. The molecule has 1 aliphatic rings. The van der Waals surface area contributed by atoms with Crippen molar-refractivity contribution in [2.45, 2.75) is 37.8 Å². The second-order valence-corrected chi connectivity index (χ2v) is 7.09. The number of carbonyl (C=O) groups excluding carboxylic acids is 2. The number of hydrogen-bond donors (Lipinski definition) is 2. The topological polar surface area (TPSA) is 67.4 Å². The Morgan fingerprint density at radius 2 is 1.82 bits per heavy atom. The van der Waals surface area contributed by atoms with Crippen LogP contribution in [0.2, 0.25) is 0 Å². The summed E-state index contributed by atoms with van der Waals surface area (Å²) in [6, 6.07) is 15.8. The first kappa shape index (κ1) is 20.2. The molecule has 1 fully saturated rings. The molecule has 0 aliphatic carbocycles. The van der Waals surface area contributed by atoms with E-state index in [1.807, 2.05) is 30.3 Å². The van der Waals surface area contributed by atoms with Crippen LogP contribution in [0.25, 0.3) is 0 Å². The lowest BCUT2D eigenvalue weighted by atomic mass is 9.97. The molecule has 0 aromatic heterocycles. The van der Waals surface area contributed by atoms with Crippen LogP contribution in [0.5, 0.6) is 0 Å². The molecule has 3 rings (SSSR count). The Labute approximate surface area is 164 Å². The summed E-state index contributed by atoms with van der Waals surface area (Å²) in [5, 5.41) is 5.71. The molecular formula is C22H25FN2O3. The monoisotopic (exact) mass is 384 g/mol. The van der Waals surface area contributed by atoms with Gasteiger partial charge in [0, 0.05) is 6.42 Å². The maximum atomic E-state index is 12.9. The minimum atomic E-state index is -0.875. The van der Waals surface area contributed by atoms with Crippen molar-refractivity contribution in [3.8, 4) is 0 Å². The Morgan fingerprint density at radius 1 is 1.07 bits per heavy atom. The van der Waals surface area contributed by atoms with E-state index in [-0.39, 0.29) is 30.7 Å². The Hall–Kier alpha value is -2.57. The van der Waals surface area contributed by atoms with Crippen LogP contribution in [0, 0.1) is 5.82 Å². The van der Waals surface area contributed by atoms with Crippen molar-refractivity contribution >= 4 is 11.8 Å². The van der Waals surface area contributed by atoms with Crippen LogP contribution in [0.1, 0.15) is 30.4 Å². The van der Waals surface area contributed by atoms with E-state index < -0.39 is 5.54 Å². The summed E-state index contributed by atoms with van der Waals surface area (Å²) >= 11 is 0. The molecule has 148 valence electrons. The second-order valence-electron chi connectivity index (χ2n) is 7.09. The number of nitrogens with one attached hydrogen (secondary N) is 2. The van der Waals surface area contributed by atoms with Gasteiger partial charge in [-0.3, -0.25) is 14.9 Å². The molecule has 1 heterocycles. The molecule has 1 aliphatic heterocycles. The smallest absolute Gasteiger partial charge is 0.249 e. The zero-order chi connectivity index (χ0) is 19.8. The van der Waals surface area contributed by atoms with E-state index in [2.05, 4.69) is 10.6 Å². The summed E-state index contributed by atoms with van der Waals surface area (Å²) in [4.78, 5) is 25.0. The molecule has 28 heavy (non-hydrogen) atoms. The highest BCUT2D eigenvalue weighted by Crippen LogP contribution is 2.21. The van der Waals surface area contributed by atoms with E-state index in [0.29, 0.717) is 26.0 Å². The highest BCUT2D eigenvalue weighted by molar-refractivity contribution is 6.00. The van der Waals surface area contributed by atoms with E-state index in [1.165, 1.54) is 12.1 Å². The van der Waals surface area contributed by atoms with E-state index in [1.54, 1.807) is 12.1 Å². The zero-order valence-electron chi connectivity index (χ0n) is 15.7. The van der Waals surface area contributed by atoms with Gasteiger partial charge in [0.05, 0.1) is 13.2 Å². The number of ether oxygens (including phenoxy) is 1. The summed E-state index contributed by atoms with van der Waals surface area (Å²) in [7, 11) is 0. The standard InChI is InChI=1S/C22H25FN2O3/c23-19-10-7-17(8-11-19)9-12-20(26)25-21(27)22(13-4-14-24-22)16-28-15-18-5-2-1-3-6-18/h1-3,5-8,10-11,24H,4,9,12-16H2,(H,25,26,27). The molecular weight excluding hydrogens is 359 g/mol. The predicted molar refractivity (Wildman–Crippen MR) is 104 cm³/mol. The number of amides is 2. The average molecular weight is 384 g/mol. The molecule has 0 radical (unpaired) electrons. The molecule has 0 saturated carbocycles. The molecule has 0 bridgehead atoms. The first-order valence-corrected chi connectivity index (χ1v) is 9.53. The molecule has 1 unspecified atom stereocenters. The summed E-state index contributed by atoms with van der Waals surface area (Å²) in [6.45, 7) is 1.33. The van der Waals surface area contributed by atoms with Crippen LogP contribution >= 0.6 is 0 Å². The molecule has 2 aromatic rings. The van der Waals surface area contributed by atoms with Crippen molar-refractivity contribution in [2.75, 3.05) is 13.2 Å². The van der Waals surface area contributed by atoms with E-state index >= 15 is 0 Å². The van der Waals surface area contributed by atoms with Crippen LogP contribution in [-0.4, -0.2) is 30.5 Å². The van der Waals surface area contributed by atoms with Gasteiger partial charge in [-0.15, -0.1) is 0 Å². The van der Waals surface area contributed by atoms with Crippen molar-refractivity contribution in [3.63, 3.8) is 0 Å². The van der Waals surface area contributed by atoms with Crippen molar-refractivity contribution in [1.29, 1.82) is 0 Å². The van der Waals surface area contributed by atoms with Crippen LogP contribution in [0.3, 0.4) is 0 Å². The quantitative estimate of drug-likeness (QED) is 0.734. The lowest BCUT2D eigenvalue weighted by Crippen LogP contribution is -2.57. The van der Waals surface area contributed by atoms with E-state index in [0.717, 1.165) is 17.5 Å². The summed E-state index contributed by atoms with van der Waals surface area (Å²) < 4.78 is 18.7. The SMILES string of the molecule is O=C(CCc1ccc(F)cc1)NC(=O)C1(COCc2ccccc2)CCCN1. The lowest BCUT2D eigenvalue weighted by Gasteiger charge is -2.27. The maximum Gasteiger partial charge on any atom is 0.249 e. The van der Waals surface area contributed by atoms with Crippen molar-refractivity contribution in [1.82, 2.24) is 10.6 Å². The Balaban J connectivity index is 1.50. The Morgan fingerprint density at radius 3 is 2.50 bits per heavy atom. The number of carbonyl (C=O) groups is 2. The minimum absolute atomic E-state index is 0.165. The van der Waals surface area contributed by atoms with Crippen LogP contribution in [0.4, 0.5) is 4.39 Å². The fourth-order valence-corrected chi connectivity index (χ4v) is 3.32. The van der Waals surface area contributed by atoms with Crippen LogP contribution < -0.4 is 10.6 Å². The van der Waals surface area contributed by atoms with Crippen LogP contribution in [0.15, 0.2) is 54.6 Å². The van der Waals surface area contributed by atoms with Gasteiger partial charge in [-0.1, -0.05) is 42.5 Å². The van der Waals surface area contributed by atoms with Gasteiger partial charge in [-0.25, -0.2) is 4.39 Å². The molecule has 1 saturated heterocycles. The van der Waals surface area contributed by atoms with Gasteiger partial charge in [0.2, 0.25) is 11.8 Å². The first-order chi connectivity index (χ1) is 13.6. The first-order valence-electron chi connectivity index (χ1n) is 9.53. The van der Waals surface area contributed by atoms with Gasteiger partial charge in [0.15, 0.2) is 0 Å². The van der Waals surface area contributed by atoms with Crippen molar-refractivity contribution in [2.24, 2.45) is 0 Å². The van der Waals surface area contributed by atoms with Gasteiger partial charge in [-0.2, -0.15) is 0 Å². The number of aryl methyl sites for hydroxylation is 1. The third kappa shape index (κ3) is 5.47. The normalized spacial score (nSPS) is 18.8. The Kier molecular flexibility index (Phi) is 6.90. The number of hydrogen-bond acceptors (Lipinski definition) is 4. The molecule has 6 heteroatoms. The van der Waals surface area contributed by atoms with Gasteiger partial charge < -0.3 is 10.1 Å². The number of imide groups is 1. The van der Waals surface area contributed by atoms with Gasteiger partial charge in [0.1, 0.15) is 11.4 Å². The highest BCUT2D eigenvalue weighted by atomic mass is 19.1.